The summed E-state index contributed by atoms with van der Waals surface area (Å²) in [6.45, 7) is 3.51. The van der Waals surface area contributed by atoms with Gasteiger partial charge in [-0.05, 0) is 13.3 Å². The van der Waals surface area contributed by atoms with Gasteiger partial charge in [-0.2, -0.15) is 0 Å². The molecule has 3 heterocycles. The Morgan fingerprint density at radius 2 is 2.44 bits per heavy atom. The molecule has 0 saturated carbocycles. The maximum absolute atomic E-state index is 6.14. The lowest BCUT2D eigenvalue weighted by molar-refractivity contribution is 0.193. The van der Waals surface area contributed by atoms with Gasteiger partial charge in [0, 0.05) is 24.9 Å². The van der Waals surface area contributed by atoms with Crippen LogP contribution in [-0.4, -0.2) is 27.6 Å². The Balaban J connectivity index is 2.24. The molecule has 2 aromatic heterocycles. The van der Waals surface area contributed by atoms with Crippen molar-refractivity contribution in [2.45, 2.75) is 19.3 Å². The SMILES string of the molecule is Cc1nc(C2CCOC2)c2c(Cl)nccn12. The lowest BCUT2D eigenvalue weighted by atomic mass is 10.0. The molecule has 0 spiro atoms. The maximum Gasteiger partial charge on any atom is 0.154 e. The average molecular weight is 238 g/mol. The first kappa shape index (κ1) is 10.1. The summed E-state index contributed by atoms with van der Waals surface area (Å²) in [6.07, 6.45) is 4.60. The summed E-state index contributed by atoms with van der Waals surface area (Å²) >= 11 is 6.14. The minimum Gasteiger partial charge on any atom is -0.381 e. The van der Waals surface area contributed by atoms with E-state index in [0.717, 1.165) is 36.7 Å². The van der Waals surface area contributed by atoms with Crippen LogP contribution in [0.1, 0.15) is 23.9 Å². The smallest absolute Gasteiger partial charge is 0.154 e. The second-order valence-electron chi connectivity index (χ2n) is 4.04. The van der Waals surface area contributed by atoms with E-state index in [-0.39, 0.29) is 0 Å². The van der Waals surface area contributed by atoms with Gasteiger partial charge in [0.2, 0.25) is 0 Å². The van der Waals surface area contributed by atoms with Gasteiger partial charge in [0.15, 0.2) is 5.15 Å². The molecule has 16 heavy (non-hydrogen) atoms. The standard InChI is InChI=1S/C11H12ClN3O/c1-7-14-9(8-2-5-16-6-8)10-11(12)13-3-4-15(7)10/h3-4,8H,2,5-6H2,1H3. The molecule has 0 aliphatic carbocycles. The maximum atomic E-state index is 6.14. The van der Waals surface area contributed by atoms with Gasteiger partial charge in [-0.3, -0.25) is 4.40 Å². The average Bonchev–Trinajstić information content (AvgIpc) is 2.87. The van der Waals surface area contributed by atoms with E-state index in [9.17, 15) is 0 Å². The van der Waals surface area contributed by atoms with E-state index >= 15 is 0 Å². The van der Waals surface area contributed by atoms with E-state index in [0.29, 0.717) is 11.1 Å². The highest BCUT2D eigenvalue weighted by Gasteiger charge is 2.24. The van der Waals surface area contributed by atoms with Crippen molar-refractivity contribution < 1.29 is 4.74 Å². The number of aryl methyl sites for hydroxylation is 1. The molecule has 0 bridgehead atoms. The Labute approximate surface area is 98.2 Å². The van der Waals surface area contributed by atoms with Crippen molar-refractivity contribution >= 4 is 17.1 Å². The summed E-state index contributed by atoms with van der Waals surface area (Å²) < 4.78 is 7.39. The van der Waals surface area contributed by atoms with Crippen LogP contribution in [0.3, 0.4) is 0 Å². The number of halogens is 1. The van der Waals surface area contributed by atoms with Crippen LogP contribution in [0.2, 0.25) is 5.15 Å². The molecule has 0 amide bonds. The monoisotopic (exact) mass is 237 g/mol. The first-order chi connectivity index (χ1) is 7.77. The minimum atomic E-state index is 0.352. The van der Waals surface area contributed by atoms with Crippen LogP contribution in [0.4, 0.5) is 0 Å². The largest absolute Gasteiger partial charge is 0.381 e. The Bertz CT molecular complexity index is 531. The molecule has 1 unspecified atom stereocenters. The summed E-state index contributed by atoms with van der Waals surface area (Å²) in [4.78, 5) is 8.71. The molecule has 0 N–H and O–H groups in total. The zero-order valence-electron chi connectivity index (χ0n) is 8.98. The van der Waals surface area contributed by atoms with Crippen molar-refractivity contribution in [3.8, 4) is 0 Å². The molecule has 1 saturated heterocycles. The number of nitrogens with zero attached hydrogens (tertiary/aromatic N) is 3. The fourth-order valence-electron chi connectivity index (χ4n) is 2.22. The lowest BCUT2D eigenvalue weighted by Gasteiger charge is -2.04. The molecule has 0 radical (unpaired) electrons. The Kier molecular flexibility index (Phi) is 2.33. The van der Waals surface area contributed by atoms with E-state index in [1.807, 2.05) is 17.5 Å². The molecular weight excluding hydrogens is 226 g/mol. The van der Waals surface area contributed by atoms with E-state index in [4.69, 9.17) is 16.3 Å². The predicted molar refractivity (Wildman–Crippen MR) is 60.9 cm³/mol. The molecule has 4 nitrogen and oxygen atoms in total. The third-order valence-electron chi connectivity index (χ3n) is 3.03. The molecule has 3 rings (SSSR count). The molecular formula is C11H12ClN3O. The number of hydrogen-bond donors (Lipinski definition) is 0. The van der Waals surface area contributed by atoms with Gasteiger partial charge in [-0.15, -0.1) is 0 Å². The van der Waals surface area contributed by atoms with Crippen LogP contribution in [0.15, 0.2) is 12.4 Å². The molecule has 1 atom stereocenters. The minimum absolute atomic E-state index is 0.352. The predicted octanol–water partition coefficient (Wildman–Crippen LogP) is 2.20. The van der Waals surface area contributed by atoms with Crippen LogP contribution in [-0.2, 0) is 4.74 Å². The molecule has 1 fully saturated rings. The summed E-state index contributed by atoms with van der Waals surface area (Å²) in [5, 5.41) is 0.519. The van der Waals surface area contributed by atoms with Crippen LogP contribution >= 0.6 is 11.6 Å². The molecule has 1 aliphatic rings. The normalized spacial score (nSPS) is 20.8. The van der Waals surface area contributed by atoms with Crippen LogP contribution in [0.5, 0.6) is 0 Å². The second-order valence-corrected chi connectivity index (χ2v) is 4.40. The van der Waals surface area contributed by atoms with Gasteiger partial charge in [0.05, 0.1) is 12.3 Å². The zero-order chi connectivity index (χ0) is 11.1. The molecule has 5 heteroatoms. The van der Waals surface area contributed by atoms with Crippen molar-refractivity contribution in [2.75, 3.05) is 13.2 Å². The molecule has 0 aromatic carbocycles. The molecule has 2 aromatic rings. The third kappa shape index (κ3) is 1.41. The number of hydrogen-bond acceptors (Lipinski definition) is 3. The number of imidazole rings is 1. The van der Waals surface area contributed by atoms with Crippen LogP contribution in [0.25, 0.3) is 5.52 Å². The lowest BCUT2D eigenvalue weighted by Crippen LogP contribution is -1.99. The quantitative estimate of drug-likeness (QED) is 0.763. The highest BCUT2D eigenvalue weighted by atomic mass is 35.5. The Hall–Kier alpha value is -1.13. The van der Waals surface area contributed by atoms with E-state index in [2.05, 4.69) is 9.97 Å². The van der Waals surface area contributed by atoms with Crippen molar-refractivity contribution in [2.24, 2.45) is 0 Å². The number of aromatic nitrogens is 3. The third-order valence-corrected chi connectivity index (χ3v) is 3.31. The van der Waals surface area contributed by atoms with Crippen molar-refractivity contribution in [1.29, 1.82) is 0 Å². The Morgan fingerprint density at radius 1 is 1.56 bits per heavy atom. The fraction of sp³-hybridized carbons (Fsp3) is 0.455. The number of fused-ring (bicyclic) bond motifs is 1. The van der Waals surface area contributed by atoms with Gasteiger partial charge in [-0.1, -0.05) is 11.6 Å². The number of rotatable bonds is 1. The first-order valence-corrected chi connectivity index (χ1v) is 5.72. The summed E-state index contributed by atoms with van der Waals surface area (Å²) in [6, 6.07) is 0. The molecule has 84 valence electrons. The zero-order valence-corrected chi connectivity index (χ0v) is 9.74. The van der Waals surface area contributed by atoms with Crippen molar-refractivity contribution in [3.05, 3.63) is 29.1 Å². The van der Waals surface area contributed by atoms with E-state index in [1.165, 1.54) is 0 Å². The van der Waals surface area contributed by atoms with Gasteiger partial charge in [0.1, 0.15) is 11.3 Å². The van der Waals surface area contributed by atoms with Crippen LogP contribution in [0, 0.1) is 6.92 Å². The summed E-state index contributed by atoms with van der Waals surface area (Å²) in [5.41, 5.74) is 1.95. The second kappa shape index (κ2) is 3.71. The number of ether oxygens (including phenoxy) is 1. The van der Waals surface area contributed by atoms with E-state index in [1.54, 1.807) is 6.20 Å². The van der Waals surface area contributed by atoms with Gasteiger partial charge in [-0.25, -0.2) is 9.97 Å². The molecule has 1 aliphatic heterocycles. The van der Waals surface area contributed by atoms with Crippen molar-refractivity contribution in [1.82, 2.24) is 14.4 Å². The first-order valence-electron chi connectivity index (χ1n) is 5.34. The van der Waals surface area contributed by atoms with E-state index < -0.39 is 0 Å². The summed E-state index contributed by atoms with van der Waals surface area (Å²) in [7, 11) is 0. The Morgan fingerprint density at radius 3 is 3.19 bits per heavy atom. The summed E-state index contributed by atoms with van der Waals surface area (Å²) in [5.74, 6) is 1.30. The highest BCUT2D eigenvalue weighted by molar-refractivity contribution is 6.32. The van der Waals surface area contributed by atoms with Gasteiger partial charge < -0.3 is 4.74 Å². The van der Waals surface area contributed by atoms with Crippen molar-refractivity contribution in [3.63, 3.8) is 0 Å². The fourth-order valence-corrected chi connectivity index (χ4v) is 2.46. The highest BCUT2D eigenvalue weighted by Crippen LogP contribution is 2.31. The van der Waals surface area contributed by atoms with Gasteiger partial charge in [0.25, 0.3) is 0 Å². The topological polar surface area (TPSA) is 39.4 Å². The van der Waals surface area contributed by atoms with Gasteiger partial charge >= 0.3 is 0 Å². The van der Waals surface area contributed by atoms with Crippen LogP contribution < -0.4 is 0 Å².